The molecule has 2 amide bonds. The van der Waals surface area contributed by atoms with Gasteiger partial charge in [-0.2, -0.15) is 0 Å². The number of carbonyl (C=O) groups excluding carboxylic acids is 2. The van der Waals surface area contributed by atoms with Gasteiger partial charge in [0.2, 0.25) is 5.91 Å². The van der Waals surface area contributed by atoms with Gasteiger partial charge in [-0.1, -0.05) is 20.8 Å². The van der Waals surface area contributed by atoms with Crippen molar-refractivity contribution in [2.45, 2.75) is 53.2 Å². The summed E-state index contributed by atoms with van der Waals surface area (Å²) in [7, 11) is 3.57. The molecule has 1 aromatic heterocycles. The Kier molecular flexibility index (Phi) is 6.50. The van der Waals surface area contributed by atoms with E-state index in [1.54, 1.807) is 13.1 Å². The molecule has 3 rings (SSSR count). The molecule has 0 radical (unpaired) electrons. The van der Waals surface area contributed by atoms with E-state index >= 15 is 0 Å². The van der Waals surface area contributed by atoms with Crippen LogP contribution in [-0.2, 0) is 17.9 Å². The van der Waals surface area contributed by atoms with Gasteiger partial charge in [-0.15, -0.1) is 0 Å². The maximum atomic E-state index is 13.7. The molecule has 2 N–H and O–H groups in total. The van der Waals surface area contributed by atoms with E-state index < -0.39 is 11.5 Å². The molecule has 1 aliphatic rings. The van der Waals surface area contributed by atoms with Gasteiger partial charge in [0, 0.05) is 25.7 Å². The summed E-state index contributed by atoms with van der Waals surface area (Å²) in [6, 6.07) is 3.88. The number of amides is 2. The highest BCUT2D eigenvalue weighted by molar-refractivity contribution is 5.98. The molecule has 0 aliphatic carbocycles. The number of carbonyl (C=O) groups is 2. The van der Waals surface area contributed by atoms with Gasteiger partial charge in [-0.3, -0.25) is 9.59 Å². The van der Waals surface area contributed by atoms with Gasteiger partial charge >= 0.3 is 0 Å². The van der Waals surface area contributed by atoms with E-state index in [1.165, 1.54) is 12.1 Å². The third-order valence-corrected chi connectivity index (χ3v) is 5.71. The van der Waals surface area contributed by atoms with Crippen molar-refractivity contribution in [2.24, 2.45) is 5.41 Å². The lowest BCUT2D eigenvalue weighted by Gasteiger charge is -2.29. The molecule has 0 fully saturated rings. The van der Waals surface area contributed by atoms with Crippen LogP contribution in [0.5, 0.6) is 0 Å². The van der Waals surface area contributed by atoms with Crippen LogP contribution in [0.15, 0.2) is 18.2 Å². The van der Waals surface area contributed by atoms with Crippen LogP contribution in [0.1, 0.15) is 48.9 Å². The number of benzene rings is 1. The van der Waals surface area contributed by atoms with Gasteiger partial charge in [0.1, 0.15) is 17.7 Å². The molecule has 168 valence electrons. The first kappa shape index (κ1) is 22.9. The molecule has 8 heteroatoms. The topological polar surface area (TPSA) is 79.3 Å². The summed E-state index contributed by atoms with van der Waals surface area (Å²) in [6.45, 7) is 9.73. The summed E-state index contributed by atoms with van der Waals surface area (Å²) in [5.41, 5.74) is 2.20. The molecule has 0 bridgehead atoms. The van der Waals surface area contributed by atoms with Gasteiger partial charge in [0.15, 0.2) is 5.69 Å². The largest absolute Gasteiger partial charge is 0.357 e. The number of hydrogen-bond acceptors (Lipinski definition) is 4. The van der Waals surface area contributed by atoms with Gasteiger partial charge in [0.25, 0.3) is 5.91 Å². The number of fused-ring (bicyclic) bond motifs is 1. The molecule has 0 unspecified atom stereocenters. The maximum absolute atomic E-state index is 13.7. The van der Waals surface area contributed by atoms with Gasteiger partial charge in [-0.05, 0) is 56.1 Å². The van der Waals surface area contributed by atoms with Crippen molar-refractivity contribution in [2.75, 3.05) is 20.6 Å². The van der Waals surface area contributed by atoms with Crippen molar-refractivity contribution in [1.29, 1.82) is 0 Å². The van der Waals surface area contributed by atoms with E-state index in [2.05, 4.69) is 20.1 Å². The Morgan fingerprint density at radius 3 is 2.55 bits per heavy atom. The second kappa shape index (κ2) is 8.78. The number of rotatable bonds is 4. The van der Waals surface area contributed by atoms with Crippen LogP contribution < -0.4 is 10.6 Å². The van der Waals surface area contributed by atoms with Crippen molar-refractivity contribution < 1.29 is 14.0 Å². The summed E-state index contributed by atoms with van der Waals surface area (Å²) >= 11 is 0. The molecular formula is C23H32FN5O2. The Balaban J connectivity index is 2.08. The zero-order valence-electron chi connectivity index (χ0n) is 19.2. The standard InChI is InChI=1S/C23H32FN5O2/c1-14-12-15(24)8-9-16(14)20-26-18(17-13-28(6)10-7-11-29(17)20)21(30)27-19(22(31)25-5)23(2,3)4/h8-9,12,19H,7,10-11,13H2,1-6H3,(H,25,31)(H,27,30)/t19-/m1/s1. The summed E-state index contributed by atoms with van der Waals surface area (Å²) < 4.78 is 15.7. The van der Waals surface area contributed by atoms with Crippen molar-refractivity contribution in [1.82, 2.24) is 25.1 Å². The number of aromatic nitrogens is 2. The zero-order chi connectivity index (χ0) is 22.9. The van der Waals surface area contributed by atoms with Crippen LogP contribution in [-0.4, -0.2) is 52.9 Å². The minimum Gasteiger partial charge on any atom is -0.357 e. The van der Waals surface area contributed by atoms with E-state index in [9.17, 15) is 14.0 Å². The highest BCUT2D eigenvalue weighted by Crippen LogP contribution is 2.29. The van der Waals surface area contributed by atoms with Crippen molar-refractivity contribution in [3.8, 4) is 11.4 Å². The lowest BCUT2D eigenvalue weighted by atomic mass is 9.86. The Labute approximate surface area is 183 Å². The fourth-order valence-electron chi connectivity index (χ4n) is 4.01. The van der Waals surface area contributed by atoms with E-state index in [-0.39, 0.29) is 17.6 Å². The lowest BCUT2D eigenvalue weighted by molar-refractivity contribution is -0.124. The second-order valence-electron chi connectivity index (χ2n) is 9.32. The number of imidazole rings is 1. The van der Waals surface area contributed by atoms with Gasteiger partial charge in [0.05, 0.1) is 5.69 Å². The van der Waals surface area contributed by atoms with Crippen LogP contribution in [0.2, 0.25) is 0 Å². The predicted octanol–water partition coefficient (Wildman–Crippen LogP) is 2.72. The van der Waals surface area contributed by atoms with Gasteiger partial charge < -0.3 is 20.1 Å². The number of hydrogen-bond donors (Lipinski definition) is 2. The van der Waals surface area contributed by atoms with E-state index in [1.807, 2.05) is 34.7 Å². The fraction of sp³-hybridized carbons (Fsp3) is 0.522. The van der Waals surface area contributed by atoms with Crippen molar-refractivity contribution >= 4 is 11.8 Å². The summed E-state index contributed by atoms with van der Waals surface area (Å²) in [5, 5.41) is 5.52. The zero-order valence-corrected chi connectivity index (χ0v) is 19.2. The summed E-state index contributed by atoms with van der Waals surface area (Å²) in [5.74, 6) is -0.285. The highest BCUT2D eigenvalue weighted by atomic mass is 19.1. The van der Waals surface area contributed by atoms with Crippen molar-refractivity contribution in [3.63, 3.8) is 0 Å². The molecule has 7 nitrogen and oxygen atoms in total. The first-order chi connectivity index (χ1) is 14.5. The molecule has 0 spiro atoms. The molecular weight excluding hydrogens is 397 g/mol. The Bertz CT molecular complexity index is 993. The van der Waals surface area contributed by atoms with E-state index in [0.717, 1.165) is 29.8 Å². The molecule has 31 heavy (non-hydrogen) atoms. The molecule has 2 aromatic rings. The Morgan fingerprint density at radius 1 is 1.23 bits per heavy atom. The number of nitrogens with one attached hydrogen (secondary N) is 2. The average molecular weight is 430 g/mol. The number of halogens is 1. The van der Waals surface area contributed by atoms with Gasteiger partial charge in [-0.25, -0.2) is 9.37 Å². The maximum Gasteiger partial charge on any atom is 0.272 e. The highest BCUT2D eigenvalue weighted by Gasteiger charge is 2.34. The molecule has 1 atom stereocenters. The number of aryl methyl sites for hydroxylation is 1. The Morgan fingerprint density at radius 2 is 1.94 bits per heavy atom. The van der Waals surface area contributed by atoms with Crippen LogP contribution in [0, 0.1) is 18.2 Å². The normalized spacial score (nSPS) is 15.7. The average Bonchev–Trinajstić information content (AvgIpc) is 2.90. The first-order valence-corrected chi connectivity index (χ1v) is 10.6. The smallest absolute Gasteiger partial charge is 0.272 e. The SMILES string of the molecule is CNC(=O)[C@@H](NC(=O)c1nc(-c2ccc(F)cc2C)n2c1CN(C)CCC2)C(C)(C)C. The minimum absolute atomic E-state index is 0.252. The summed E-state index contributed by atoms with van der Waals surface area (Å²) in [4.78, 5) is 32.7. The lowest BCUT2D eigenvalue weighted by Crippen LogP contribution is -2.53. The van der Waals surface area contributed by atoms with Crippen LogP contribution in [0.25, 0.3) is 11.4 Å². The van der Waals surface area contributed by atoms with Crippen LogP contribution in [0.4, 0.5) is 4.39 Å². The third-order valence-electron chi connectivity index (χ3n) is 5.71. The molecule has 1 aromatic carbocycles. The monoisotopic (exact) mass is 429 g/mol. The quantitative estimate of drug-likeness (QED) is 0.783. The predicted molar refractivity (Wildman–Crippen MR) is 118 cm³/mol. The second-order valence-corrected chi connectivity index (χ2v) is 9.32. The number of likely N-dealkylation sites (N-methyl/N-ethyl adjacent to an activating group) is 1. The van der Waals surface area contributed by atoms with Crippen LogP contribution in [0.3, 0.4) is 0 Å². The minimum atomic E-state index is -0.707. The Hall–Kier alpha value is -2.74. The van der Waals surface area contributed by atoms with Crippen molar-refractivity contribution in [3.05, 3.63) is 41.0 Å². The fourth-order valence-corrected chi connectivity index (χ4v) is 4.01. The van der Waals surface area contributed by atoms with E-state index in [0.29, 0.717) is 24.6 Å². The molecule has 0 saturated heterocycles. The molecule has 2 heterocycles. The first-order valence-electron chi connectivity index (χ1n) is 10.6. The third kappa shape index (κ3) is 4.79. The summed E-state index contributed by atoms with van der Waals surface area (Å²) in [6.07, 6.45) is 0.914. The number of nitrogens with zero attached hydrogens (tertiary/aromatic N) is 3. The molecule has 0 saturated carbocycles. The molecule has 1 aliphatic heterocycles. The van der Waals surface area contributed by atoms with E-state index in [4.69, 9.17) is 4.98 Å². The van der Waals surface area contributed by atoms with Crippen LogP contribution >= 0.6 is 0 Å².